The Kier molecular flexibility index (Phi) is 7.69. The summed E-state index contributed by atoms with van der Waals surface area (Å²) in [5.41, 5.74) is 5.99. The zero-order chi connectivity index (χ0) is 20.7. The quantitative estimate of drug-likeness (QED) is 0.708. The zero-order valence-electron chi connectivity index (χ0n) is 17.4. The molecule has 156 valence electrons. The van der Waals surface area contributed by atoms with Crippen molar-refractivity contribution in [2.75, 3.05) is 27.3 Å². The van der Waals surface area contributed by atoms with E-state index in [4.69, 9.17) is 15.2 Å². The van der Waals surface area contributed by atoms with Crippen molar-refractivity contribution in [3.63, 3.8) is 0 Å². The van der Waals surface area contributed by atoms with Crippen molar-refractivity contribution in [3.05, 3.63) is 23.8 Å². The third-order valence-electron chi connectivity index (χ3n) is 5.11. The number of carbonyl (C=O) groups is 2. The molecule has 1 aliphatic rings. The number of carbonyl (C=O) groups excluding carboxylic acids is 2. The maximum Gasteiger partial charge on any atom is 0.242 e. The van der Waals surface area contributed by atoms with Gasteiger partial charge in [0.1, 0.15) is 11.5 Å². The van der Waals surface area contributed by atoms with E-state index in [9.17, 15) is 9.59 Å². The van der Waals surface area contributed by atoms with E-state index in [0.29, 0.717) is 36.9 Å². The lowest BCUT2D eigenvalue weighted by atomic mass is 9.92. The molecule has 1 heterocycles. The van der Waals surface area contributed by atoms with Gasteiger partial charge in [-0.2, -0.15) is 0 Å². The minimum atomic E-state index is -0.851. The van der Waals surface area contributed by atoms with Crippen LogP contribution >= 0.6 is 0 Å². The first kappa shape index (κ1) is 22.0. The number of benzene rings is 1. The smallest absolute Gasteiger partial charge is 0.242 e. The van der Waals surface area contributed by atoms with E-state index < -0.39 is 5.54 Å². The van der Waals surface area contributed by atoms with E-state index in [1.54, 1.807) is 34.1 Å². The molecule has 1 atom stereocenters. The molecule has 7 heteroatoms. The molecule has 0 unspecified atom stereocenters. The van der Waals surface area contributed by atoms with Gasteiger partial charge in [-0.05, 0) is 51.2 Å². The van der Waals surface area contributed by atoms with Crippen LogP contribution in [0.4, 0.5) is 0 Å². The Hall–Kier alpha value is -2.28. The third-order valence-corrected chi connectivity index (χ3v) is 5.11. The van der Waals surface area contributed by atoms with Crippen LogP contribution in [0.15, 0.2) is 18.2 Å². The van der Waals surface area contributed by atoms with Crippen LogP contribution < -0.4 is 20.5 Å². The Bertz CT molecular complexity index is 685. The van der Waals surface area contributed by atoms with Crippen LogP contribution in [-0.4, -0.2) is 49.6 Å². The maximum absolute atomic E-state index is 12.4. The number of nitrogens with two attached hydrogens (primary N) is 1. The average Bonchev–Trinajstić information content (AvgIpc) is 2.69. The summed E-state index contributed by atoms with van der Waals surface area (Å²) in [6.07, 6.45) is 3.20. The molecule has 1 aromatic carbocycles. The van der Waals surface area contributed by atoms with Gasteiger partial charge in [0.15, 0.2) is 0 Å². The average molecular weight is 392 g/mol. The molecule has 1 aliphatic heterocycles. The van der Waals surface area contributed by atoms with Crippen molar-refractivity contribution in [1.29, 1.82) is 0 Å². The molecule has 0 aliphatic carbocycles. The normalized spacial score (nSPS) is 17.2. The maximum atomic E-state index is 12.4. The third kappa shape index (κ3) is 6.12. The predicted octanol–water partition coefficient (Wildman–Crippen LogP) is 2.08. The van der Waals surface area contributed by atoms with Gasteiger partial charge >= 0.3 is 0 Å². The van der Waals surface area contributed by atoms with Crippen molar-refractivity contribution in [2.45, 2.75) is 51.6 Å². The number of methoxy groups -OCH3 is 2. The molecule has 28 heavy (non-hydrogen) atoms. The molecule has 1 saturated heterocycles. The summed E-state index contributed by atoms with van der Waals surface area (Å²) in [5.74, 6) is 1.71. The molecule has 3 N–H and O–H groups in total. The molecule has 1 aromatic rings. The molecule has 1 fully saturated rings. The van der Waals surface area contributed by atoms with Gasteiger partial charge in [0.25, 0.3) is 0 Å². The van der Waals surface area contributed by atoms with Crippen LogP contribution in [0.5, 0.6) is 11.5 Å². The lowest BCUT2D eigenvalue weighted by Crippen LogP contribution is -2.53. The van der Waals surface area contributed by atoms with Crippen molar-refractivity contribution in [2.24, 2.45) is 11.7 Å². The lowest BCUT2D eigenvalue weighted by molar-refractivity contribution is -0.137. The Balaban J connectivity index is 1.80. The van der Waals surface area contributed by atoms with Gasteiger partial charge in [-0.3, -0.25) is 9.59 Å². The minimum absolute atomic E-state index is 0.000441. The summed E-state index contributed by atoms with van der Waals surface area (Å²) in [6, 6.07) is 5.53. The van der Waals surface area contributed by atoms with Crippen LogP contribution in [0.2, 0.25) is 0 Å². The second-order valence-electron chi connectivity index (χ2n) is 7.97. The van der Waals surface area contributed by atoms with Crippen LogP contribution in [0.3, 0.4) is 0 Å². The molecular weight excluding hydrogens is 358 g/mol. The number of ether oxygens (including phenoxy) is 2. The van der Waals surface area contributed by atoms with Gasteiger partial charge in [0, 0.05) is 37.7 Å². The van der Waals surface area contributed by atoms with Crippen LogP contribution in [0, 0.1) is 5.92 Å². The van der Waals surface area contributed by atoms with E-state index in [1.807, 2.05) is 17.0 Å². The number of hydrogen-bond donors (Lipinski definition) is 2. The number of nitrogens with zero attached hydrogens (tertiary/aromatic N) is 1. The molecule has 7 nitrogen and oxygen atoms in total. The summed E-state index contributed by atoms with van der Waals surface area (Å²) in [6.45, 7) is 5.31. The first-order chi connectivity index (χ1) is 13.2. The number of nitrogens with one attached hydrogen (secondary N) is 1. The molecule has 0 radical (unpaired) electrons. The number of hydrogen-bond acceptors (Lipinski definition) is 5. The highest BCUT2D eigenvalue weighted by Crippen LogP contribution is 2.25. The Labute approximate surface area is 167 Å². The van der Waals surface area contributed by atoms with E-state index >= 15 is 0 Å². The SMILES string of the molecule is COc1ccc(CNC(=O)CC[C@@H]2CCCN(C(=O)C(C)(C)N)C2)c(OC)c1. The van der Waals surface area contributed by atoms with Gasteiger partial charge < -0.3 is 25.4 Å². The molecule has 0 saturated carbocycles. The molecule has 0 aromatic heterocycles. The minimum Gasteiger partial charge on any atom is -0.497 e. The number of amides is 2. The fraction of sp³-hybridized carbons (Fsp3) is 0.619. The highest BCUT2D eigenvalue weighted by atomic mass is 16.5. The van der Waals surface area contributed by atoms with Crippen molar-refractivity contribution in [3.8, 4) is 11.5 Å². The molecule has 0 spiro atoms. The lowest BCUT2D eigenvalue weighted by Gasteiger charge is -2.36. The van der Waals surface area contributed by atoms with E-state index in [1.165, 1.54) is 0 Å². The van der Waals surface area contributed by atoms with Crippen LogP contribution in [0.25, 0.3) is 0 Å². The van der Waals surface area contributed by atoms with Gasteiger partial charge in [-0.1, -0.05) is 0 Å². The van der Waals surface area contributed by atoms with E-state index in [0.717, 1.165) is 31.4 Å². The summed E-state index contributed by atoms with van der Waals surface area (Å²) in [4.78, 5) is 26.5. The number of likely N-dealkylation sites (tertiary alicyclic amines) is 1. The van der Waals surface area contributed by atoms with Gasteiger partial charge in [0.2, 0.25) is 11.8 Å². The highest BCUT2D eigenvalue weighted by Gasteiger charge is 2.31. The highest BCUT2D eigenvalue weighted by molar-refractivity contribution is 5.85. The molecule has 0 bridgehead atoms. The Morgan fingerprint density at radius 2 is 2.04 bits per heavy atom. The summed E-state index contributed by atoms with van der Waals surface area (Å²) in [7, 11) is 3.20. The molecule has 2 rings (SSSR count). The number of rotatable bonds is 8. The van der Waals surface area contributed by atoms with E-state index in [-0.39, 0.29) is 11.8 Å². The van der Waals surface area contributed by atoms with E-state index in [2.05, 4.69) is 5.32 Å². The molecule has 2 amide bonds. The van der Waals surface area contributed by atoms with Crippen LogP contribution in [-0.2, 0) is 16.1 Å². The predicted molar refractivity (Wildman–Crippen MR) is 108 cm³/mol. The molecular formula is C21H33N3O4. The van der Waals surface area contributed by atoms with Crippen molar-refractivity contribution < 1.29 is 19.1 Å². The van der Waals surface area contributed by atoms with Crippen molar-refractivity contribution in [1.82, 2.24) is 10.2 Å². The van der Waals surface area contributed by atoms with Gasteiger partial charge in [-0.25, -0.2) is 0 Å². The summed E-state index contributed by atoms with van der Waals surface area (Å²) in [5, 5.41) is 2.95. The summed E-state index contributed by atoms with van der Waals surface area (Å²) >= 11 is 0. The first-order valence-corrected chi connectivity index (χ1v) is 9.80. The largest absolute Gasteiger partial charge is 0.497 e. The monoisotopic (exact) mass is 391 g/mol. The fourth-order valence-electron chi connectivity index (χ4n) is 3.51. The van der Waals surface area contributed by atoms with Crippen molar-refractivity contribution >= 4 is 11.8 Å². The van der Waals surface area contributed by atoms with Gasteiger partial charge in [0.05, 0.1) is 19.8 Å². The zero-order valence-corrected chi connectivity index (χ0v) is 17.4. The second kappa shape index (κ2) is 9.78. The fourth-order valence-corrected chi connectivity index (χ4v) is 3.51. The Morgan fingerprint density at radius 3 is 2.68 bits per heavy atom. The summed E-state index contributed by atoms with van der Waals surface area (Å²) < 4.78 is 10.5. The number of piperidine rings is 1. The first-order valence-electron chi connectivity index (χ1n) is 9.80. The van der Waals surface area contributed by atoms with Crippen LogP contribution in [0.1, 0.15) is 45.1 Å². The van der Waals surface area contributed by atoms with Gasteiger partial charge in [-0.15, -0.1) is 0 Å². The standard InChI is InChI=1S/C21H33N3O4/c1-21(2,22)20(26)24-11-5-6-15(14-24)7-10-19(25)23-13-16-8-9-17(27-3)12-18(16)28-4/h8-9,12,15H,5-7,10-11,13-14,22H2,1-4H3,(H,23,25)/t15-/m0/s1. The topological polar surface area (TPSA) is 93.9 Å². The second-order valence-corrected chi connectivity index (χ2v) is 7.97. The Morgan fingerprint density at radius 1 is 1.29 bits per heavy atom.